The third-order valence-electron chi connectivity index (χ3n) is 3.25. The van der Waals surface area contributed by atoms with Gasteiger partial charge < -0.3 is 21.5 Å². The number of allylic oxidation sites excluding steroid dienone is 1. The minimum atomic E-state index is -0.686. The van der Waals surface area contributed by atoms with Crippen molar-refractivity contribution in [1.82, 2.24) is 9.97 Å². The Hall–Kier alpha value is -3.68. The zero-order valence-electron chi connectivity index (χ0n) is 14.1. The standard InChI is InChI=1S/C18H19N5O3/c1-3-11(2)26-13-6-4-12(5-7-13)18-22-14(17(20)25)10-16(23-18)21-9-8-15(19)24/h3-7,10H,1-2,8-9H2,(H2,19,24)(H2,20,25)(H,21,22,23). The minimum Gasteiger partial charge on any atom is -0.458 e. The molecule has 0 aliphatic heterocycles. The molecule has 8 heteroatoms. The zero-order valence-corrected chi connectivity index (χ0v) is 14.1. The summed E-state index contributed by atoms with van der Waals surface area (Å²) in [5, 5.41) is 2.92. The summed E-state index contributed by atoms with van der Waals surface area (Å²) in [6.07, 6.45) is 1.63. The molecule has 0 atom stereocenters. The third-order valence-corrected chi connectivity index (χ3v) is 3.25. The van der Waals surface area contributed by atoms with Crippen molar-refractivity contribution in [2.45, 2.75) is 6.42 Å². The largest absolute Gasteiger partial charge is 0.458 e. The minimum absolute atomic E-state index is 0.0527. The number of nitrogens with two attached hydrogens (primary N) is 2. The second-order valence-electron chi connectivity index (χ2n) is 5.27. The van der Waals surface area contributed by atoms with E-state index in [1.807, 2.05) is 0 Å². The first-order valence-corrected chi connectivity index (χ1v) is 7.69. The van der Waals surface area contributed by atoms with Crippen LogP contribution in [0.15, 0.2) is 55.3 Å². The average Bonchev–Trinajstić information content (AvgIpc) is 2.61. The summed E-state index contributed by atoms with van der Waals surface area (Å²) in [6, 6.07) is 8.31. The Morgan fingerprint density at radius 2 is 1.88 bits per heavy atom. The maximum Gasteiger partial charge on any atom is 0.267 e. The number of hydrogen-bond donors (Lipinski definition) is 3. The maximum atomic E-state index is 11.5. The number of anilines is 1. The molecule has 0 aliphatic rings. The van der Waals surface area contributed by atoms with Crippen LogP contribution in [0.25, 0.3) is 11.4 Å². The topological polar surface area (TPSA) is 133 Å². The molecule has 2 aromatic rings. The quantitative estimate of drug-likeness (QED) is 0.463. The second kappa shape index (κ2) is 8.43. The van der Waals surface area contributed by atoms with Crippen molar-refractivity contribution < 1.29 is 14.3 Å². The molecule has 0 spiro atoms. The first kappa shape index (κ1) is 18.7. The lowest BCUT2D eigenvalue weighted by Crippen LogP contribution is -2.18. The van der Waals surface area contributed by atoms with E-state index in [1.54, 1.807) is 24.3 Å². The first-order chi connectivity index (χ1) is 12.4. The molecule has 0 unspecified atom stereocenters. The lowest BCUT2D eigenvalue weighted by molar-refractivity contribution is -0.117. The van der Waals surface area contributed by atoms with Gasteiger partial charge in [-0.05, 0) is 30.3 Å². The average molecular weight is 353 g/mol. The Morgan fingerprint density at radius 1 is 1.19 bits per heavy atom. The van der Waals surface area contributed by atoms with Crippen LogP contribution in [0.5, 0.6) is 5.75 Å². The Balaban J connectivity index is 2.27. The number of rotatable bonds is 9. The van der Waals surface area contributed by atoms with Crippen LogP contribution in [0.2, 0.25) is 0 Å². The molecule has 8 nitrogen and oxygen atoms in total. The van der Waals surface area contributed by atoms with Gasteiger partial charge in [0, 0.05) is 24.6 Å². The predicted molar refractivity (Wildman–Crippen MR) is 98.3 cm³/mol. The lowest BCUT2D eigenvalue weighted by Gasteiger charge is -2.09. The molecule has 0 saturated heterocycles. The van der Waals surface area contributed by atoms with Gasteiger partial charge in [0.1, 0.15) is 23.0 Å². The Labute approximate surface area is 150 Å². The molecule has 0 radical (unpaired) electrons. The number of primary amides is 2. The van der Waals surface area contributed by atoms with Crippen LogP contribution < -0.4 is 21.5 Å². The molecular weight excluding hydrogens is 334 g/mol. The zero-order chi connectivity index (χ0) is 19.1. The summed E-state index contributed by atoms with van der Waals surface area (Å²) in [5.74, 6) is 0.532. The van der Waals surface area contributed by atoms with Crippen molar-refractivity contribution in [2.75, 3.05) is 11.9 Å². The maximum absolute atomic E-state index is 11.5. The van der Waals surface area contributed by atoms with Gasteiger partial charge in [0.25, 0.3) is 5.91 Å². The molecule has 0 aliphatic carbocycles. The van der Waals surface area contributed by atoms with Crippen molar-refractivity contribution in [3.63, 3.8) is 0 Å². The fourth-order valence-corrected chi connectivity index (χ4v) is 1.97. The summed E-state index contributed by atoms with van der Waals surface area (Å²) in [5.41, 5.74) is 11.1. The van der Waals surface area contributed by atoms with Gasteiger partial charge in [-0.1, -0.05) is 13.2 Å². The van der Waals surface area contributed by atoms with E-state index in [1.165, 1.54) is 12.1 Å². The summed E-state index contributed by atoms with van der Waals surface area (Å²) >= 11 is 0. The van der Waals surface area contributed by atoms with Crippen molar-refractivity contribution in [3.05, 3.63) is 61.0 Å². The van der Waals surface area contributed by atoms with Crippen LogP contribution in [0.4, 0.5) is 5.82 Å². The summed E-state index contributed by atoms with van der Waals surface area (Å²) < 4.78 is 5.43. The Morgan fingerprint density at radius 3 is 2.46 bits per heavy atom. The van der Waals surface area contributed by atoms with E-state index in [0.29, 0.717) is 28.7 Å². The van der Waals surface area contributed by atoms with Crippen LogP contribution in [-0.2, 0) is 4.79 Å². The van der Waals surface area contributed by atoms with Crippen LogP contribution >= 0.6 is 0 Å². The van der Waals surface area contributed by atoms with Crippen molar-refractivity contribution >= 4 is 17.6 Å². The molecule has 1 aromatic carbocycles. The van der Waals surface area contributed by atoms with Crippen LogP contribution in [-0.4, -0.2) is 28.3 Å². The highest BCUT2D eigenvalue weighted by molar-refractivity contribution is 5.92. The van der Waals surface area contributed by atoms with Gasteiger partial charge in [0.05, 0.1) is 0 Å². The van der Waals surface area contributed by atoms with E-state index in [9.17, 15) is 9.59 Å². The fraction of sp³-hybridized carbons (Fsp3) is 0.111. The predicted octanol–water partition coefficient (Wildman–Crippen LogP) is 1.61. The summed E-state index contributed by atoms with van der Waals surface area (Å²) in [6.45, 7) is 7.52. The Kier molecular flexibility index (Phi) is 6.05. The first-order valence-electron chi connectivity index (χ1n) is 7.69. The summed E-state index contributed by atoms with van der Waals surface area (Å²) in [7, 11) is 0. The number of amides is 2. The molecule has 0 fully saturated rings. The van der Waals surface area contributed by atoms with E-state index < -0.39 is 11.8 Å². The fourth-order valence-electron chi connectivity index (χ4n) is 1.97. The molecule has 1 heterocycles. The number of nitrogens with one attached hydrogen (secondary N) is 1. The molecule has 2 rings (SSSR count). The summed E-state index contributed by atoms with van der Waals surface area (Å²) in [4.78, 5) is 30.8. The van der Waals surface area contributed by atoms with E-state index in [0.717, 1.165) is 0 Å². The van der Waals surface area contributed by atoms with Gasteiger partial charge in [-0.15, -0.1) is 0 Å². The second-order valence-corrected chi connectivity index (χ2v) is 5.27. The number of hydrogen-bond acceptors (Lipinski definition) is 6. The van der Waals surface area contributed by atoms with Crippen LogP contribution in [0.1, 0.15) is 16.9 Å². The van der Waals surface area contributed by atoms with Crippen LogP contribution in [0, 0.1) is 0 Å². The van der Waals surface area contributed by atoms with Gasteiger partial charge in [-0.25, -0.2) is 9.97 Å². The highest BCUT2D eigenvalue weighted by atomic mass is 16.5. The van der Waals surface area contributed by atoms with E-state index >= 15 is 0 Å². The van der Waals surface area contributed by atoms with Gasteiger partial charge in [0.15, 0.2) is 5.82 Å². The lowest BCUT2D eigenvalue weighted by atomic mass is 10.2. The smallest absolute Gasteiger partial charge is 0.267 e. The number of ether oxygens (including phenoxy) is 1. The van der Waals surface area contributed by atoms with Gasteiger partial charge >= 0.3 is 0 Å². The normalized spacial score (nSPS) is 10.0. The van der Waals surface area contributed by atoms with Gasteiger partial charge in [-0.2, -0.15) is 0 Å². The molecule has 0 saturated carbocycles. The Bertz CT molecular complexity index is 846. The number of carbonyl (C=O) groups excluding carboxylic acids is 2. The molecular formula is C18H19N5O3. The molecule has 1 aromatic heterocycles. The monoisotopic (exact) mass is 353 g/mol. The highest BCUT2D eigenvalue weighted by Gasteiger charge is 2.11. The molecule has 26 heavy (non-hydrogen) atoms. The van der Waals surface area contributed by atoms with Crippen LogP contribution in [0.3, 0.4) is 0 Å². The van der Waals surface area contributed by atoms with Crippen molar-refractivity contribution in [3.8, 4) is 17.1 Å². The number of benzene rings is 1. The van der Waals surface area contributed by atoms with E-state index in [2.05, 4.69) is 28.4 Å². The highest BCUT2D eigenvalue weighted by Crippen LogP contribution is 2.22. The van der Waals surface area contributed by atoms with Gasteiger partial charge in [-0.3, -0.25) is 9.59 Å². The van der Waals surface area contributed by atoms with E-state index in [-0.39, 0.29) is 18.7 Å². The third kappa shape index (κ3) is 5.17. The van der Waals surface area contributed by atoms with Crippen molar-refractivity contribution in [1.29, 1.82) is 0 Å². The number of nitrogens with zero attached hydrogens (tertiary/aromatic N) is 2. The SMILES string of the molecule is C=CC(=C)Oc1ccc(-c2nc(NCCC(N)=O)cc(C(N)=O)n2)cc1. The van der Waals surface area contributed by atoms with Gasteiger partial charge in [0.2, 0.25) is 5.91 Å². The number of aromatic nitrogens is 2. The van der Waals surface area contributed by atoms with Crippen molar-refractivity contribution in [2.24, 2.45) is 11.5 Å². The molecule has 134 valence electrons. The molecule has 5 N–H and O–H groups in total. The van der Waals surface area contributed by atoms with E-state index in [4.69, 9.17) is 16.2 Å². The number of carbonyl (C=O) groups is 2. The molecule has 0 bridgehead atoms. The molecule has 2 amide bonds.